The SMILES string of the molecule is Cn1c(COC(=O)c2cccc(S(=O)(=O)NCC3CCCO3)c2)cc(=O)n(C)c1=O. The number of hydrogen-bond donors (Lipinski definition) is 1. The predicted molar refractivity (Wildman–Crippen MR) is 107 cm³/mol. The average molecular weight is 437 g/mol. The Morgan fingerprint density at radius 3 is 2.70 bits per heavy atom. The topological polar surface area (TPSA) is 126 Å². The fourth-order valence-corrected chi connectivity index (χ4v) is 4.13. The zero-order valence-electron chi connectivity index (χ0n) is 16.7. The molecular weight excluding hydrogens is 414 g/mol. The van der Waals surface area contributed by atoms with E-state index < -0.39 is 27.2 Å². The van der Waals surface area contributed by atoms with Crippen LogP contribution in [0.4, 0.5) is 0 Å². The first-order valence-electron chi connectivity index (χ1n) is 9.33. The van der Waals surface area contributed by atoms with Gasteiger partial charge in [-0.3, -0.25) is 13.9 Å². The highest BCUT2D eigenvalue weighted by molar-refractivity contribution is 7.89. The van der Waals surface area contributed by atoms with Crippen molar-refractivity contribution in [1.82, 2.24) is 13.9 Å². The van der Waals surface area contributed by atoms with Crippen molar-refractivity contribution < 1.29 is 22.7 Å². The van der Waals surface area contributed by atoms with Crippen LogP contribution in [-0.2, 0) is 40.2 Å². The molecule has 10 nitrogen and oxygen atoms in total. The highest BCUT2D eigenvalue weighted by atomic mass is 32.2. The van der Waals surface area contributed by atoms with Crippen molar-refractivity contribution in [2.45, 2.75) is 30.4 Å². The number of rotatable bonds is 7. The van der Waals surface area contributed by atoms with Crippen LogP contribution in [-0.4, -0.2) is 42.8 Å². The van der Waals surface area contributed by atoms with Gasteiger partial charge in [-0.2, -0.15) is 0 Å². The van der Waals surface area contributed by atoms with Crippen LogP contribution in [0.2, 0.25) is 0 Å². The van der Waals surface area contributed by atoms with Crippen LogP contribution in [0.25, 0.3) is 0 Å². The van der Waals surface area contributed by atoms with Crippen molar-refractivity contribution in [3.05, 3.63) is 62.4 Å². The molecule has 1 saturated heterocycles. The molecule has 3 rings (SSSR count). The smallest absolute Gasteiger partial charge is 0.338 e. The lowest BCUT2D eigenvalue weighted by atomic mass is 10.2. The third-order valence-electron chi connectivity index (χ3n) is 4.88. The van der Waals surface area contributed by atoms with E-state index >= 15 is 0 Å². The van der Waals surface area contributed by atoms with Crippen LogP contribution in [0.3, 0.4) is 0 Å². The molecule has 30 heavy (non-hydrogen) atoms. The summed E-state index contributed by atoms with van der Waals surface area (Å²) in [6, 6.07) is 6.64. The zero-order chi connectivity index (χ0) is 21.9. The van der Waals surface area contributed by atoms with E-state index in [1.54, 1.807) is 0 Å². The van der Waals surface area contributed by atoms with E-state index in [4.69, 9.17) is 9.47 Å². The van der Waals surface area contributed by atoms with Crippen LogP contribution in [0.1, 0.15) is 28.9 Å². The van der Waals surface area contributed by atoms with Crippen LogP contribution in [0.5, 0.6) is 0 Å². The van der Waals surface area contributed by atoms with Gasteiger partial charge < -0.3 is 9.47 Å². The number of hydrogen-bond acceptors (Lipinski definition) is 7. The standard InChI is InChI=1S/C19H23N3O7S/c1-21-14(10-17(23)22(2)19(21)25)12-29-18(24)13-5-3-7-16(9-13)30(26,27)20-11-15-6-4-8-28-15/h3,5,7,9-10,15,20H,4,6,8,11-12H2,1-2H3. The van der Waals surface area contributed by atoms with E-state index in [2.05, 4.69) is 4.72 Å². The number of nitrogens with one attached hydrogen (secondary N) is 1. The van der Waals surface area contributed by atoms with Gasteiger partial charge in [0.25, 0.3) is 5.56 Å². The molecule has 1 aliphatic rings. The lowest BCUT2D eigenvalue weighted by molar-refractivity contribution is 0.0462. The minimum absolute atomic E-state index is 0.0313. The molecule has 1 atom stereocenters. The molecule has 162 valence electrons. The molecule has 0 spiro atoms. The second-order valence-corrected chi connectivity index (χ2v) is 8.73. The van der Waals surface area contributed by atoms with Gasteiger partial charge in [-0.05, 0) is 31.0 Å². The molecule has 0 amide bonds. The second kappa shape index (κ2) is 8.94. The number of carbonyl (C=O) groups is 1. The molecule has 11 heteroatoms. The number of aromatic nitrogens is 2. The Balaban J connectivity index is 1.70. The van der Waals surface area contributed by atoms with E-state index in [-0.39, 0.29) is 35.4 Å². The Labute approximate surface area is 173 Å². The molecule has 2 aromatic rings. The number of carbonyl (C=O) groups excluding carboxylic acids is 1. The minimum Gasteiger partial charge on any atom is -0.456 e. The Morgan fingerprint density at radius 2 is 2.00 bits per heavy atom. The van der Waals surface area contributed by atoms with Gasteiger partial charge in [0.05, 0.1) is 22.3 Å². The van der Waals surface area contributed by atoms with E-state index in [9.17, 15) is 22.8 Å². The van der Waals surface area contributed by atoms with Gasteiger partial charge in [0.1, 0.15) is 6.61 Å². The molecule has 1 aliphatic heterocycles. The maximum Gasteiger partial charge on any atom is 0.338 e. The average Bonchev–Trinajstić information content (AvgIpc) is 3.26. The van der Waals surface area contributed by atoms with Gasteiger partial charge in [0.15, 0.2) is 0 Å². The summed E-state index contributed by atoms with van der Waals surface area (Å²) in [7, 11) is -1.02. The Morgan fingerprint density at radius 1 is 1.23 bits per heavy atom. The highest BCUT2D eigenvalue weighted by Crippen LogP contribution is 2.15. The first-order valence-corrected chi connectivity index (χ1v) is 10.8. The highest BCUT2D eigenvalue weighted by Gasteiger charge is 2.21. The van der Waals surface area contributed by atoms with E-state index in [1.807, 2.05) is 0 Å². The van der Waals surface area contributed by atoms with E-state index in [1.165, 1.54) is 49.0 Å². The fraction of sp³-hybridized carbons (Fsp3) is 0.421. The van der Waals surface area contributed by atoms with Crippen LogP contribution in [0, 0.1) is 0 Å². The molecule has 0 aliphatic carbocycles. The summed E-state index contributed by atoms with van der Waals surface area (Å²) in [6.07, 6.45) is 1.53. The van der Waals surface area contributed by atoms with Gasteiger partial charge in [-0.25, -0.2) is 22.7 Å². The van der Waals surface area contributed by atoms with Crippen LogP contribution in [0.15, 0.2) is 44.8 Å². The van der Waals surface area contributed by atoms with Crippen molar-refractivity contribution in [1.29, 1.82) is 0 Å². The summed E-state index contributed by atoms with van der Waals surface area (Å²) in [5.41, 5.74) is -0.809. The molecule has 1 aromatic heterocycles. The number of esters is 1. The summed E-state index contributed by atoms with van der Waals surface area (Å²) in [5, 5.41) is 0. The molecule has 0 radical (unpaired) electrons. The lowest BCUT2D eigenvalue weighted by Gasteiger charge is -2.12. The van der Waals surface area contributed by atoms with Gasteiger partial charge in [0, 0.05) is 33.3 Å². The number of ether oxygens (including phenoxy) is 2. The Kier molecular flexibility index (Phi) is 6.54. The monoisotopic (exact) mass is 437 g/mol. The second-order valence-electron chi connectivity index (χ2n) is 6.97. The fourth-order valence-electron chi connectivity index (χ4n) is 3.02. The molecule has 1 aromatic carbocycles. The summed E-state index contributed by atoms with van der Waals surface area (Å²) in [6.45, 7) is 0.468. The first-order chi connectivity index (χ1) is 14.2. The number of benzene rings is 1. The van der Waals surface area contributed by atoms with Crippen LogP contribution < -0.4 is 16.0 Å². The molecule has 1 unspecified atom stereocenters. The van der Waals surface area contributed by atoms with Crippen molar-refractivity contribution >= 4 is 16.0 Å². The summed E-state index contributed by atoms with van der Waals surface area (Å²) < 4.78 is 40.2. The largest absolute Gasteiger partial charge is 0.456 e. The normalized spacial score (nSPS) is 16.5. The van der Waals surface area contributed by atoms with Crippen molar-refractivity contribution in [3.8, 4) is 0 Å². The van der Waals surface area contributed by atoms with Gasteiger partial charge >= 0.3 is 11.7 Å². The molecule has 1 N–H and O–H groups in total. The summed E-state index contributed by atoms with van der Waals surface area (Å²) in [4.78, 5) is 36.0. The Bertz CT molecular complexity index is 1160. The molecule has 0 bridgehead atoms. The predicted octanol–water partition coefficient (Wildman–Crippen LogP) is -0.102. The number of nitrogens with zero attached hydrogens (tertiary/aromatic N) is 2. The zero-order valence-corrected chi connectivity index (χ0v) is 17.5. The van der Waals surface area contributed by atoms with Crippen LogP contribution >= 0.6 is 0 Å². The number of sulfonamides is 1. The van der Waals surface area contributed by atoms with E-state index in [0.717, 1.165) is 17.4 Å². The summed E-state index contributed by atoms with van der Waals surface area (Å²) >= 11 is 0. The van der Waals surface area contributed by atoms with Gasteiger partial charge in [0.2, 0.25) is 10.0 Å². The molecule has 0 saturated carbocycles. The van der Waals surface area contributed by atoms with Crippen molar-refractivity contribution in [2.24, 2.45) is 14.1 Å². The maximum absolute atomic E-state index is 12.5. The minimum atomic E-state index is -3.82. The molecule has 1 fully saturated rings. The molecular formula is C19H23N3O7S. The third-order valence-corrected chi connectivity index (χ3v) is 6.30. The lowest BCUT2D eigenvalue weighted by Crippen LogP contribution is -2.38. The third kappa shape index (κ3) is 4.86. The quantitative estimate of drug-likeness (QED) is 0.600. The first kappa shape index (κ1) is 21.9. The van der Waals surface area contributed by atoms with Gasteiger partial charge in [-0.1, -0.05) is 6.07 Å². The van der Waals surface area contributed by atoms with Crippen molar-refractivity contribution in [3.63, 3.8) is 0 Å². The van der Waals surface area contributed by atoms with Crippen molar-refractivity contribution in [2.75, 3.05) is 13.2 Å². The van der Waals surface area contributed by atoms with Gasteiger partial charge in [-0.15, -0.1) is 0 Å². The van der Waals surface area contributed by atoms with E-state index in [0.29, 0.717) is 6.61 Å². The molecule has 2 heterocycles. The Hall–Kier alpha value is -2.76. The maximum atomic E-state index is 12.5. The summed E-state index contributed by atoms with van der Waals surface area (Å²) in [5.74, 6) is -0.778.